The summed E-state index contributed by atoms with van der Waals surface area (Å²) in [5.41, 5.74) is 7.37. The van der Waals surface area contributed by atoms with E-state index in [-0.39, 0.29) is 10.6 Å². The summed E-state index contributed by atoms with van der Waals surface area (Å²) in [5.74, 6) is 0.994. The molecule has 0 amide bonds. The molecule has 0 aliphatic carbocycles. The van der Waals surface area contributed by atoms with E-state index in [0.717, 1.165) is 30.0 Å². The Balaban J connectivity index is 2.09. The van der Waals surface area contributed by atoms with E-state index in [2.05, 4.69) is 18.7 Å². The van der Waals surface area contributed by atoms with Gasteiger partial charge < -0.3 is 5.73 Å². The molecule has 0 aromatic heterocycles. The van der Waals surface area contributed by atoms with Gasteiger partial charge in [-0.1, -0.05) is 12.1 Å². The fourth-order valence-corrected chi connectivity index (χ4v) is 3.54. The average Bonchev–Trinajstić information content (AvgIpc) is 2.31. The molecule has 2 N–H and O–H groups in total. The van der Waals surface area contributed by atoms with Gasteiger partial charge in [0.25, 0.3) is 0 Å². The van der Waals surface area contributed by atoms with Gasteiger partial charge in [0.2, 0.25) is 0 Å². The van der Waals surface area contributed by atoms with Crippen LogP contribution in [-0.2, 0) is 13.1 Å². The topological polar surface area (TPSA) is 29.3 Å². The maximum Gasteiger partial charge on any atom is 0.127 e. The van der Waals surface area contributed by atoms with E-state index in [0.29, 0.717) is 13.1 Å². The lowest BCUT2D eigenvalue weighted by Gasteiger charge is -2.37. The van der Waals surface area contributed by atoms with Gasteiger partial charge in [-0.25, -0.2) is 4.39 Å². The maximum atomic E-state index is 13.8. The number of halogens is 1. The van der Waals surface area contributed by atoms with E-state index >= 15 is 0 Å². The number of nitrogens with zero attached hydrogens (tertiary/aromatic N) is 1. The van der Waals surface area contributed by atoms with Crippen molar-refractivity contribution in [2.24, 2.45) is 5.73 Å². The van der Waals surface area contributed by atoms with Crippen LogP contribution < -0.4 is 5.73 Å². The molecule has 1 aromatic carbocycles. The molecule has 2 nitrogen and oxygen atoms in total. The third-order valence-electron chi connectivity index (χ3n) is 3.24. The normalized spacial score (nSPS) is 20.0. The van der Waals surface area contributed by atoms with Crippen LogP contribution in [0.3, 0.4) is 0 Å². The first-order valence-electron chi connectivity index (χ1n) is 6.34. The second-order valence-electron chi connectivity index (χ2n) is 5.45. The molecule has 0 radical (unpaired) electrons. The number of hydrogen-bond acceptors (Lipinski definition) is 3. The summed E-state index contributed by atoms with van der Waals surface area (Å²) >= 11 is 1.99. The standard InChI is InChI=1S/C14H21FN2S/c1-14(2)10-17(5-6-18-14)9-12-7-11(8-16)3-4-13(12)15/h3-4,7H,5-6,8-10,16H2,1-2H3. The molecule has 1 aliphatic rings. The summed E-state index contributed by atoms with van der Waals surface area (Å²) in [6.07, 6.45) is 0. The molecule has 2 rings (SSSR count). The zero-order valence-corrected chi connectivity index (χ0v) is 11.9. The average molecular weight is 268 g/mol. The number of hydrogen-bond donors (Lipinski definition) is 1. The van der Waals surface area contributed by atoms with Crippen molar-refractivity contribution in [2.45, 2.75) is 31.7 Å². The molecule has 1 heterocycles. The van der Waals surface area contributed by atoms with E-state index in [1.807, 2.05) is 17.8 Å². The van der Waals surface area contributed by atoms with Gasteiger partial charge in [-0.3, -0.25) is 4.90 Å². The van der Waals surface area contributed by atoms with Crippen molar-refractivity contribution < 1.29 is 4.39 Å². The Labute approximate surface area is 113 Å². The molecule has 0 saturated carbocycles. The first-order chi connectivity index (χ1) is 8.50. The van der Waals surface area contributed by atoms with E-state index in [1.165, 1.54) is 6.07 Å². The highest BCUT2D eigenvalue weighted by molar-refractivity contribution is 8.00. The summed E-state index contributed by atoms with van der Waals surface area (Å²) in [6, 6.07) is 5.18. The fraction of sp³-hybridized carbons (Fsp3) is 0.571. The van der Waals surface area contributed by atoms with Crippen LogP contribution in [0.1, 0.15) is 25.0 Å². The Kier molecular flexibility index (Phi) is 4.30. The van der Waals surface area contributed by atoms with Gasteiger partial charge in [-0.15, -0.1) is 0 Å². The lowest BCUT2D eigenvalue weighted by atomic mass is 10.1. The van der Waals surface area contributed by atoms with Crippen LogP contribution in [0, 0.1) is 5.82 Å². The molecule has 4 heteroatoms. The Bertz CT molecular complexity index is 420. The molecule has 1 aromatic rings. The van der Waals surface area contributed by atoms with Gasteiger partial charge >= 0.3 is 0 Å². The first-order valence-corrected chi connectivity index (χ1v) is 7.32. The molecule has 0 bridgehead atoms. The highest BCUT2D eigenvalue weighted by Crippen LogP contribution is 2.30. The van der Waals surface area contributed by atoms with E-state index < -0.39 is 0 Å². The Morgan fingerprint density at radius 2 is 2.22 bits per heavy atom. The van der Waals surface area contributed by atoms with Crippen LogP contribution in [0.25, 0.3) is 0 Å². The quantitative estimate of drug-likeness (QED) is 0.913. The van der Waals surface area contributed by atoms with Crippen molar-refractivity contribution in [3.63, 3.8) is 0 Å². The van der Waals surface area contributed by atoms with Gasteiger partial charge in [0.15, 0.2) is 0 Å². The van der Waals surface area contributed by atoms with Crippen LogP contribution in [0.15, 0.2) is 18.2 Å². The van der Waals surface area contributed by atoms with Crippen LogP contribution in [0.5, 0.6) is 0 Å². The van der Waals surface area contributed by atoms with E-state index in [4.69, 9.17) is 5.73 Å². The molecular formula is C14H21FN2S. The summed E-state index contributed by atoms with van der Waals surface area (Å²) in [6.45, 7) is 7.68. The monoisotopic (exact) mass is 268 g/mol. The summed E-state index contributed by atoms with van der Waals surface area (Å²) in [4.78, 5) is 2.33. The zero-order valence-electron chi connectivity index (χ0n) is 11.1. The van der Waals surface area contributed by atoms with Gasteiger partial charge in [-0.2, -0.15) is 11.8 Å². The van der Waals surface area contributed by atoms with E-state index in [9.17, 15) is 4.39 Å². The fourth-order valence-electron chi connectivity index (χ4n) is 2.37. The van der Waals surface area contributed by atoms with Crippen molar-refractivity contribution >= 4 is 11.8 Å². The lowest BCUT2D eigenvalue weighted by molar-refractivity contribution is 0.249. The van der Waals surface area contributed by atoms with Crippen molar-refractivity contribution in [2.75, 3.05) is 18.8 Å². The molecule has 0 unspecified atom stereocenters. The molecule has 1 fully saturated rings. The number of nitrogens with two attached hydrogens (primary N) is 1. The number of benzene rings is 1. The second kappa shape index (κ2) is 5.59. The number of rotatable bonds is 3. The highest BCUT2D eigenvalue weighted by atomic mass is 32.2. The molecule has 1 aliphatic heterocycles. The third-order valence-corrected chi connectivity index (χ3v) is 4.54. The van der Waals surface area contributed by atoms with Crippen LogP contribution >= 0.6 is 11.8 Å². The van der Waals surface area contributed by atoms with Crippen LogP contribution in [0.4, 0.5) is 4.39 Å². The molecule has 0 spiro atoms. The smallest absolute Gasteiger partial charge is 0.127 e. The van der Waals surface area contributed by atoms with Gasteiger partial charge in [0, 0.05) is 42.2 Å². The minimum atomic E-state index is -0.122. The van der Waals surface area contributed by atoms with Crippen LogP contribution in [-0.4, -0.2) is 28.5 Å². The molecular weight excluding hydrogens is 247 g/mol. The first kappa shape index (κ1) is 13.8. The summed E-state index contributed by atoms with van der Waals surface area (Å²) < 4.78 is 14.0. The zero-order chi connectivity index (χ0) is 13.2. The second-order valence-corrected chi connectivity index (χ2v) is 7.25. The molecule has 100 valence electrons. The largest absolute Gasteiger partial charge is 0.326 e. The van der Waals surface area contributed by atoms with Gasteiger partial charge in [-0.05, 0) is 25.5 Å². The molecule has 1 saturated heterocycles. The Hall–Kier alpha value is -0.580. The predicted octanol–water partition coefficient (Wildman–Crippen LogP) is 2.61. The Morgan fingerprint density at radius 3 is 2.89 bits per heavy atom. The molecule has 18 heavy (non-hydrogen) atoms. The third kappa shape index (κ3) is 3.46. The van der Waals surface area contributed by atoms with Crippen LogP contribution in [0.2, 0.25) is 0 Å². The van der Waals surface area contributed by atoms with Gasteiger partial charge in [0.05, 0.1) is 0 Å². The number of thioether (sulfide) groups is 1. The van der Waals surface area contributed by atoms with Crippen molar-refractivity contribution in [1.82, 2.24) is 4.90 Å². The molecule has 0 atom stereocenters. The van der Waals surface area contributed by atoms with E-state index in [1.54, 1.807) is 6.07 Å². The van der Waals surface area contributed by atoms with Crippen molar-refractivity contribution in [3.8, 4) is 0 Å². The minimum Gasteiger partial charge on any atom is -0.326 e. The Morgan fingerprint density at radius 1 is 1.44 bits per heavy atom. The van der Waals surface area contributed by atoms with Crippen molar-refractivity contribution in [3.05, 3.63) is 35.1 Å². The van der Waals surface area contributed by atoms with Crippen molar-refractivity contribution in [1.29, 1.82) is 0 Å². The lowest BCUT2D eigenvalue weighted by Crippen LogP contribution is -2.42. The summed E-state index contributed by atoms with van der Waals surface area (Å²) in [7, 11) is 0. The summed E-state index contributed by atoms with van der Waals surface area (Å²) in [5, 5.41) is 0. The maximum absolute atomic E-state index is 13.8. The minimum absolute atomic E-state index is 0.122. The predicted molar refractivity (Wildman–Crippen MR) is 76.1 cm³/mol. The SMILES string of the molecule is CC1(C)CN(Cc2cc(CN)ccc2F)CCS1. The highest BCUT2D eigenvalue weighted by Gasteiger charge is 2.27. The van der Waals surface area contributed by atoms with Gasteiger partial charge in [0.1, 0.15) is 5.82 Å².